The maximum Gasteiger partial charge on any atom is 0.206 e. The van der Waals surface area contributed by atoms with Gasteiger partial charge in [-0.1, -0.05) is 17.7 Å². The number of nitrogens with zero attached hydrogens (tertiary/aromatic N) is 2. The third-order valence-electron chi connectivity index (χ3n) is 5.96. The Morgan fingerprint density at radius 2 is 1.77 bits per heavy atom. The van der Waals surface area contributed by atoms with Crippen molar-refractivity contribution in [1.82, 2.24) is 0 Å². The molecule has 118 valence electrons. The number of sulfone groups is 1. The van der Waals surface area contributed by atoms with Crippen molar-refractivity contribution in [2.75, 3.05) is 0 Å². The molecule has 1 aliphatic heterocycles. The standard InChI is InChI=1S/C17H22N2O2S/c1-11-4-8-14(9-5-11)22(20,21)17-13-7-6-12(10-13)15(17)16(2,3)18-19-17/h4-5,8-9,12-13,15H,6-7,10H2,1-3H3/t12-,13-,15+,17+/m0/s1. The average Bonchev–Trinajstić information content (AvgIpc) is 3.11. The summed E-state index contributed by atoms with van der Waals surface area (Å²) in [5.74, 6) is 0.583. The molecule has 0 N–H and O–H groups in total. The molecule has 0 amide bonds. The first-order valence-electron chi connectivity index (χ1n) is 8.04. The number of fused-ring (bicyclic) bond motifs is 5. The first-order valence-corrected chi connectivity index (χ1v) is 9.53. The Hall–Kier alpha value is -1.23. The molecule has 0 spiro atoms. The van der Waals surface area contributed by atoms with Crippen LogP contribution in [0.4, 0.5) is 0 Å². The molecule has 4 rings (SSSR count). The zero-order chi connectivity index (χ0) is 15.8. The molecule has 1 aromatic rings. The number of rotatable bonds is 2. The number of benzene rings is 1. The van der Waals surface area contributed by atoms with Gasteiger partial charge in [-0.2, -0.15) is 10.2 Å². The van der Waals surface area contributed by atoms with Crippen LogP contribution >= 0.6 is 0 Å². The molecule has 2 bridgehead atoms. The van der Waals surface area contributed by atoms with Crippen molar-refractivity contribution < 1.29 is 8.42 Å². The molecule has 2 aliphatic carbocycles. The molecule has 4 atom stereocenters. The summed E-state index contributed by atoms with van der Waals surface area (Å²) in [6.07, 6.45) is 3.06. The number of azo groups is 1. The molecule has 0 aromatic heterocycles. The second kappa shape index (κ2) is 4.19. The predicted octanol–water partition coefficient (Wildman–Crippen LogP) is 3.76. The predicted molar refractivity (Wildman–Crippen MR) is 84.4 cm³/mol. The van der Waals surface area contributed by atoms with E-state index in [1.807, 2.05) is 32.9 Å². The van der Waals surface area contributed by atoms with Gasteiger partial charge in [0, 0.05) is 11.8 Å². The van der Waals surface area contributed by atoms with Gasteiger partial charge in [-0.3, -0.25) is 0 Å². The first kappa shape index (κ1) is 14.4. The van der Waals surface area contributed by atoms with Crippen LogP contribution in [0, 0.1) is 24.7 Å². The van der Waals surface area contributed by atoms with Crippen LogP contribution in [0.1, 0.15) is 38.7 Å². The van der Waals surface area contributed by atoms with Gasteiger partial charge in [0.25, 0.3) is 0 Å². The largest absolute Gasteiger partial charge is 0.221 e. The van der Waals surface area contributed by atoms with E-state index in [4.69, 9.17) is 0 Å². The summed E-state index contributed by atoms with van der Waals surface area (Å²) in [5.41, 5.74) is 0.687. The summed E-state index contributed by atoms with van der Waals surface area (Å²) in [7, 11) is -3.52. The fourth-order valence-electron chi connectivity index (χ4n) is 5.13. The normalized spacial score (nSPS) is 38.4. The maximum absolute atomic E-state index is 13.5. The molecule has 0 saturated heterocycles. The lowest BCUT2D eigenvalue weighted by molar-refractivity contribution is 0.207. The molecule has 22 heavy (non-hydrogen) atoms. The van der Waals surface area contributed by atoms with Gasteiger partial charge in [-0.25, -0.2) is 8.42 Å². The Labute approximate surface area is 132 Å². The van der Waals surface area contributed by atoms with Crippen molar-refractivity contribution in [2.24, 2.45) is 28.0 Å². The van der Waals surface area contributed by atoms with E-state index in [1.165, 1.54) is 0 Å². The third kappa shape index (κ3) is 1.55. The summed E-state index contributed by atoms with van der Waals surface area (Å²) in [6, 6.07) is 7.18. The number of hydrogen-bond donors (Lipinski definition) is 0. The Kier molecular flexibility index (Phi) is 2.74. The number of hydrogen-bond acceptors (Lipinski definition) is 4. The third-order valence-corrected chi connectivity index (χ3v) is 8.38. The van der Waals surface area contributed by atoms with Crippen molar-refractivity contribution in [3.05, 3.63) is 29.8 Å². The van der Waals surface area contributed by atoms with Crippen LogP contribution in [0.15, 0.2) is 39.4 Å². The van der Waals surface area contributed by atoms with Gasteiger partial charge >= 0.3 is 0 Å². The molecule has 1 heterocycles. The average molecular weight is 318 g/mol. The summed E-state index contributed by atoms with van der Waals surface area (Å²) in [4.78, 5) is -0.624. The van der Waals surface area contributed by atoms with Crippen LogP contribution < -0.4 is 0 Å². The fraction of sp³-hybridized carbons (Fsp3) is 0.647. The minimum Gasteiger partial charge on any atom is -0.221 e. The summed E-state index contributed by atoms with van der Waals surface area (Å²) in [6.45, 7) is 6.04. The van der Waals surface area contributed by atoms with E-state index in [2.05, 4.69) is 10.2 Å². The topological polar surface area (TPSA) is 58.9 Å². The molecule has 0 unspecified atom stereocenters. The van der Waals surface area contributed by atoms with Crippen molar-refractivity contribution in [3.63, 3.8) is 0 Å². The van der Waals surface area contributed by atoms with Gasteiger partial charge in [0.15, 0.2) is 4.87 Å². The second-order valence-electron chi connectivity index (χ2n) is 7.67. The van der Waals surface area contributed by atoms with E-state index >= 15 is 0 Å². The Balaban J connectivity index is 1.90. The Morgan fingerprint density at radius 3 is 2.45 bits per heavy atom. The minimum absolute atomic E-state index is 0.0186. The molecule has 0 radical (unpaired) electrons. The van der Waals surface area contributed by atoms with Crippen molar-refractivity contribution >= 4 is 9.84 Å². The van der Waals surface area contributed by atoms with E-state index in [0.717, 1.165) is 24.8 Å². The Morgan fingerprint density at radius 1 is 1.09 bits per heavy atom. The lowest BCUT2D eigenvalue weighted by atomic mass is 9.74. The van der Waals surface area contributed by atoms with Crippen molar-refractivity contribution in [3.8, 4) is 0 Å². The van der Waals surface area contributed by atoms with Crippen LogP contribution in [-0.4, -0.2) is 18.8 Å². The zero-order valence-electron chi connectivity index (χ0n) is 13.3. The first-order chi connectivity index (χ1) is 10.3. The van der Waals surface area contributed by atoms with E-state index in [9.17, 15) is 8.42 Å². The monoisotopic (exact) mass is 318 g/mol. The minimum atomic E-state index is -3.52. The number of aryl methyl sites for hydroxylation is 1. The molecular formula is C17H22N2O2S. The van der Waals surface area contributed by atoms with Crippen LogP contribution in [0.25, 0.3) is 0 Å². The molecule has 3 aliphatic rings. The van der Waals surface area contributed by atoms with Crippen LogP contribution in [-0.2, 0) is 9.84 Å². The van der Waals surface area contributed by atoms with E-state index in [1.54, 1.807) is 12.1 Å². The van der Waals surface area contributed by atoms with Gasteiger partial charge in [0.05, 0.1) is 10.4 Å². The lowest BCUT2D eigenvalue weighted by Gasteiger charge is -2.39. The van der Waals surface area contributed by atoms with Crippen LogP contribution in [0.2, 0.25) is 0 Å². The molecule has 1 aromatic carbocycles. The molecule has 2 fully saturated rings. The zero-order valence-corrected chi connectivity index (χ0v) is 14.1. The van der Waals surface area contributed by atoms with Gasteiger partial charge in [-0.15, -0.1) is 0 Å². The lowest BCUT2D eigenvalue weighted by Crippen LogP contribution is -2.51. The molecule has 4 nitrogen and oxygen atoms in total. The SMILES string of the molecule is Cc1ccc(S(=O)(=O)[C@@]23N=NC(C)(C)[C@H]2[C@H]2CC[C@H]3C2)cc1. The van der Waals surface area contributed by atoms with Gasteiger partial charge in [0.1, 0.15) is 0 Å². The Bertz CT molecular complexity index is 751. The summed E-state index contributed by atoms with van der Waals surface area (Å²) >= 11 is 0. The molecule has 2 saturated carbocycles. The maximum atomic E-state index is 13.5. The smallest absolute Gasteiger partial charge is 0.206 e. The van der Waals surface area contributed by atoms with Gasteiger partial charge in [0.2, 0.25) is 9.84 Å². The van der Waals surface area contributed by atoms with Crippen molar-refractivity contribution in [1.29, 1.82) is 0 Å². The summed E-state index contributed by atoms with van der Waals surface area (Å²) < 4.78 is 26.9. The fourth-order valence-corrected chi connectivity index (χ4v) is 7.62. The van der Waals surface area contributed by atoms with Crippen LogP contribution in [0.3, 0.4) is 0 Å². The molecular weight excluding hydrogens is 296 g/mol. The molecule has 5 heteroatoms. The van der Waals surface area contributed by atoms with E-state index in [0.29, 0.717) is 10.8 Å². The highest BCUT2D eigenvalue weighted by atomic mass is 32.2. The quantitative estimate of drug-likeness (QED) is 0.833. The van der Waals surface area contributed by atoms with E-state index in [-0.39, 0.29) is 17.4 Å². The highest BCUT2D eigenvalue weighted by Gasteiger charge is 2.72. The van der Waals surface area contributed by atoms with E-state index < -0.39 is 14.7 Å². The van der Waals surface area contributed by atoms with Gasteiger partial charge < -0.3 is 0 Å². The summed E-state index contributed by atoms with van der Waals surface area (Å²) in [5, 5.41) is 8.89. The highest BCUT2D eigenvalue weighted by molar-refractivity contribution is 7.92. The van der Waals surface area contributed by atoms with Gasteiger partial charge in [-0.05, 0) is 58.1 Å². The second-order valence-corrected chi connectivity index (χ2v) is 9.80. The van der Waals surface area contributed by atoms with Crippen molar-refractivity contribution in [2.45, 2.75) is 55.3 Å². The highest BCUT2D eigenvalue weighted by Crippen LogP contribution is 2.66. The van der Waals surface area contributed by atoms with Crippen LogP contribution in [0.5, 0.6) is 0 Å².